The van der Waals surface area contributed by atoms with E-state index in [2.05, 4.69) is 44.0 Å². The first-order valence-corrected chi connectivity index (χ1v) is 14.1. The number of nitrogens with zero attached hydrogens (tertiary/aromatic N) is 1. The van der Waals surface area contributed by atoms with Gasteiger partial charge < -0.3 is 20.3 Å². The molecule has 1 rings (SSSR count). The molecule has 0 bridgehead atoms. The molecule has 0 saturated carbocycles. The maximum Gasteiger partial charge on any atom is 0.408 e. The summed E-state index contributed by atoms with van der Waals surface area (Å²) in [4.78, 5) is 42.2. The molecular weight excluding hydrogens is 486 g/mol. The highest BCUT2D eigenvalue weighted by molar-refractivity contribution is 7.80. The lowest BCUT2D eigenvalue weighted by molar-refractivity contribution is -0.144. The molecule has 210 valence electrons. The molecule has 0 radical (unpaired) electrons. The number of rotatable bonds is 13. The fraction of sp³-hybridized carbons (Fsp3) is 0.690. The van der Waals surface area contributed by atoms with E-state index >= 15 is 0 Å². The number of amides is 3. The lowest BCUT2D eigenvalue weighted by Gasteiger charge is -2.39. The summed E-state index contributed by atoms with van der Waals surface area (Å²) in [6.45, 7) is 18.1. The smallest absolute Gasteiger partial charge is 0.408 e. The fourth-order valence-corrected chi connectivity index (χ4v) is 4.52. The van der Waals surface area contributed by atoms with Crippen molar-refractivity contribution in [2.24, 2.45) is 5.92 Å². The van der Waals surface area contributed by atoms with Gasteiger partial charge in [-0.3, -0.25) is 9.59 Å². The van der Waals surface area contributed by atoms with Crippen LogP contribution in [-0.2, 0) is 14.3 Å². The summed E-state index contributed by atoms with van der Waals surface area (Å²) in [5.41, 5.74) is 1.98. The molecule has 0 aliphatic heterocycles. The van der Waals surface area contributed by atoms with Crippen molar-refractivity contribution in [3.63, 3.8) is 0 Å². The number of hydrogen-bond acceptors (Lipinski definition) is 5. The van der Waals surface area contributed by atoms with Gasteiger partial charge in [0.25, 0.3) is 0 Å². The van der Waals surface area contributed by atoms with Crippen molar-refractivity contribution in [3.8, 4) is 0 Å². The number of ether oxygens (including phenoxy) is 1. The van der Waals surface area contributed by atoms with Gasteiger partial charge in [0.05, 0.1) is 0 Å². The lowest BCUT2D eigenvalue weighted by atomic mass is 9.91. The van der Waals surface area contributed by atoms with Gasteiger partial charge >= 0.3 is 6.09 Å². The average molecular weight is 536 g/mol. The van der Waals surface area contributed by atoms with Gasteiger partial charge in [-0.2, -0.15) is 12.6 Å². The normalized spacial score (nSPS) is 14.0. The zero-order valence-electron chi connectivity index (χ0n) is 24.3. The first kappa shape index (κ1) is 32.8. The van der Waals surface area contributed by atoms with Crippen LogP contribution in [0.1, 0.15) is 96.9 Å². The molecular formula is C29H49N3O4S. The number of carbonyl (C=O) groups excluding carboxylic acids is 3. The molecule has 2 N–H and O–H groups in total. The second-order valence-corrected chi connectivity index (χ2v) is 11.7. The third-order valence-corrected chi connectivity index (χ3v) is 6.60. The molecule has 1 aromatic carbocycles. The largest absolute Gasteiger partial charge is 0.444 e. The van der Waals surface area contributed by atoms with Gasteiger partial charge in [-0.15, -0.1) is 0 Å². The summed E-state index contributed by atoms with van der Waals surface area (Å²) in [5.74, 6) is -0.0549. The van der Waals surface area contributed by atoms with E-state index in [1.165, 1.54) is 0 Å². The number of unbranched alkanes of at least 4 members (excludes halogenated alkanes) is 1. The zero-order valence-corrected chi connectivity index (χ0v) is 25.2. The van der Waals surface area contributed by atoms with E-state index in [0.29, 0.717) is 12.5 Å². The first-order valence-electron chi connectivity index (χ1n) is 13.5. The maximum atomic E-state index is 14.2. The molecule has 3 atom stereocenters. The third kappa shape index (κ3) is 10.6. The van der Waals surface area contributed by atoms with E-state index < -0.39 is 23.8 Å². The molecule has 0 saturated heterocycles. The van der Waals surface area contributed by atoms with Crippen molar-refractivity contribution >= 4 is 30.5 Å². The van der Waals surface area contributed by atoms with E-state index in [1.54, 1.807) is 25.7 Å². The summed E-state index contributed by atoms with van der Waals surface area (Å²) < 4.78 is 5.40. The number of benzene rings is 1. The topological polar surface area (TPSA) is 87.7 Å². The van der Waals surface area contributed by atoms with Crippen molar-refractivity contribution in [1.82, 2.24) is 15.5 Å². The van der Waals surface area contributed by atoms with E-state index in [4.69, 9.17) is 4.74 Å². The van der Waals surface area contributed by atoms with Crippen LogP contribution < -0.4 is 10.6 Å². The molecule has 37 heavy (non-hydrogen) atoms. The minimum Gasteiger partial charge on any atom is -0.444 e. The number of carbonyl (C=O) groups is 3. The highest BCUT2D eigenvalue weighted by Crippen LogP contribution is 2.31. The highest BCUT2D eigenvalue weighted by Gasteiger charge is 2.39. The van der Waals surface area contributed by atoms with Gasteiger partial charge in [0.15, 0.2) is 0 Å². The van der Waals surface area contributed by atoms with Crippen LogP contribution in [0.3, 0.4) is 0 Å². The van der Waals surface area contributed by atoms with Gasteiger partial charge in [-0.05, 0) is 83.4 Å². The molecule has 0 fully saturated rings. The molecule has 7 nitrogen and oxygen atoms in total. The van der Waals surface area contributed by atoms with Crippen LogP contribution in [0.25, 0.3) is 0 Å². The second-order valence-electron chi connectivity index (χ2n) is 11.3. The van der Waals surface area contributed by atoms with E-state index in [1.807, 2.05) is 39.0 Å². The molecule has 0 aliphatic carbocycles. The fourth-order valence-electron chi connectivity index (χ4n) is 4.27. The van der Waals surface area contributed by atoms with Gasteiger partial charge in [0.1, 0.15) is 17.7 Å². The molecule has 1 aromatic rings. The Morgan fingerprint density at radius 3 is 2.14 bits per heavy atom. The monoisotopic (exact) mass is 535 g/mol. The van der Waals surface area contributed by atoms with Crippen molar-refractivity contribution in [3.05, 3.63) is 34.9 Å². The summed E-state index contributed by atoms with van der Waals surface area (Å²) in [6, 6.07) is 3.84. The minimum atomic E-state index is -0.949. The number of hydrogen-bond donors (Lipinski definition) is 3. The Kier molecular flexibility index (Phi) is 13.5. The quantitative estimate of drug-likeness (QED) is 0.222. The predicted octanol–water partition coefficient (Wildman–Crippen LogP) is 5.74. The average Bonchev–Trinajstić information content (AvgIpc) is 2.78. The Labute approximate surface area is 229 Å². The van der Waals surface area contributed by atoms with E-state index in [-0.39, 0.29) is 23.6 Å². The van der Waals surface area contributed by atoms with Gasteiger partial charge in [-0.1, -0.05) is 45.4 Å². The van der Waals surface area contributed by atoms with Crippen LogP contribution >= 0.6 is 12.6 Å². The Balaban J connectivity index is 3.58. The van der Waals surface area contributed by atoms with Crippen LogP contribution in [0.2, 0.25) is 0 Å². The van der Waals surface area contributed by atoms with Crippen LogP contribution in [0, 0.1) is 19.8 Å². The summed E-state index contributed by atoms with van der Waals surface area (Å²) >= 11 is 4.39. The molecule has 8 heteroatoms. The minimum absolute atomic E-state index is 0.0718. The number of aryl methyl sites for hydroxylation is 2. The number of alkyl carbamates (subject to hydrolysis) is 1. The Hall–Kier alpha value is -2.22. The Bertz CT molecular complexity index is 877. The molecule has 3 unspecified atom stereocenters. The first-order chi connectivity index (χ1) is 17.2. The van der Waals surface area contributed by atoms with Crippen molar-refractivity contribution in [2.75, 3.05) is 12.3 Å². The van der Waals surface area contributed by atoms with Crippen LogP contribution in [-0.4, -0.2) is 52.8 Å². The Morgan fingerprint density at radius 1 is 1.05 bits per heavy atom. The van der Waals surface area contributed by atoms with Crippen LogP contribution in [0.5, 0.6) is 0 Å². The van der Waals surface area contributed by atoms with Crippen molar-refractivity contribution in [2.45, 2.75) is 112 Å². The number of thiol groups is 1. The maximum absolute atomic E-state index is 14.2. The van der Waals surface area contributed by atoms with Gasteiger partial charge in [0.2, 0.25) is 11.8 Å². The summed E-state index contributed by atoms with van der Waals surface area (Å²) in [7, 11) is 0. The predicted molar refractivity (Wildman–Crippen MR) is 154 cm³/mol. The summed E-state index contributed by atoms with van der Waals surface area (Å²) in [5, 5.41) is 5.75. The van der Waals surface area contributed by atoms with Gasteiger partial charge in [-0.25, -0.2) is 4.79 Å². The van der Waals surface area contributed by atoms with Crippen LogP contribution in [0.15, 0.2) is 18.2 Å². The SMILES string of the molecule is CCCCNC(=O)C(c1c(C)cccc1C)N(C(=O)C(CS)NC(=O)OC(C)(C)C)C(C)CCC(C)C. The standard InChI is InChI=1S/C29H49N3O4S/c1-10-11-17-30-26(33)25(24-20(4)13-12-14-21(24)5)32(22(6)16-15-19(2)3)27(34)23(18-37)31-28(35)36-29(7,8)9/h12-14,19,22-23,25,37H,10-11,15-18H2,1-9H3,(H,30,33)(H,31,35). The zero-order chi connectivity index (χ0) is 28.3. The van der Waals surface area contributed by atoms with E-state index in [9.17, 15) is 14.4 Å². The summed E-state index contributed by atoms with van der Waals surface area (Å²) in [6.07, 6.45) is 2.72. The molecule has 3 amide bonds. The lowest BCUT2D eigenvalue weighted by Crippen LogP contribution is -2.56. The third-order valence-electron chi connectivity index (χ3n) is 6.23. The molecule has 0 heterocycles. The molecule has 0 spiro atoms. The molecule has 0 aromatic heterocycles. The van der Waals surface area contributed by atoms with Crippen molar-refractivity contribution < 1.29 is 19.1 Å². The van der Waals surface area contributed by atoms with Crippen molar-refractivity contribution in [1.29, 1.82) is 0 Å². The van der Waals surface area contributed by atoms with E-state index in [0.717, 1.165) is 42.4 Å². The second kappa shape index (κ2) is 15.3. The van der Waals surface area contributed by atoms with Crippen LogP contribution in [0.4, 0.5) is 4.79 Å². The number of nitrogens with one attached hydrogen (secondary N) is 2. The highest BCUT2D eigenvalue weighted by atomic mass is 32.1. The van der Waals surface area contributed by atoms with Gasteiger partial charge in [0, 0.05) is 18.3 Å². The Morgan fingerprint density at radius 2 is 1.65 bits per heavy atom. The molecule has 0 aliphatic rings.